The van der Waals surface area contributed by atoms with Crippen LogP contribution in [0.5, 0.6) is 0 Å². The molecule has 0 heterocycles. The zero-order chi connectivity index (χ0) is 14.8. The van der Waals surface area contributed by atoms with E-state index in [9.17, 15) is 22.4 Å². The van der Waals surface area contributed by atoms with Gasteiger partial charge in [0.2, 0.25) is 0 Å². The van der Waals surface area contributed by atoms with Gasteiger partial charge in [0, 0.05) is 17.6 Å². The van der Waals surface area contributed by atoms with Gasteiger partial charge in [-0.15, -0.1) is 12.4 Å². The van der Waals surface area contributed by atoms with E-state index in [1.165, 1.54) is 0 Å². The SMILES string of the molecule is CC(C)(CN)NC(=O)c1ccc(F)c(C(F)(F)F)c1.Cl. The summed E-state index contributed by atoms with van der Waals surface area (Å²) in [6.45, 7) is 3.37. The topological polar surface area (TPSA) is 55.1 Å². The Kier molecular flexibility index (Phi) is 5.98. The Morgan fingerprint density at radius 2 is 1.85 bits per heavy atom. The average molecular weight is 315 g/mol. The first-order valence-corrected chi connectivity index (χ1v) is 5.46. The summed E-state index contributed by atoms with van der Waals surface area (Å²) in [5.74, 6) is -2.15. The molecule has 0 aliphatic carbocycles. The van der Waals surface area contributed by atoms with E-state index in [4.69, 9.17) is 5.73 Å². The minimum Gasteiger partial charge on any atom is -0.346 e. The van der Waals surface area contributed by atoms with Crippen molar-refractivity contribution in [1.29, 1.82) is 0 Å². The van der Waals surface area contributed by atoms with Crippen LogP contribution in [0.15, 0.2) is 18.2 Å². The fraction of sp³-hybridized carbons (Fsp3) is 0.417. The lowest BCUT2D eigenvalue weighted by molar-refractivity contribution is -0.140. The molecule has 1 aromatic rings. The number of alkyl halides is 3. The van der Waals surface area contributed by atoms with E-state index in [0.29, 0.717) is 12.1 Å². The normalized spacial score (nSPS) is 11.8. The summed E-state index contributed by atoms with van der Waals surface area (Å²) < 4.78 is 50.6. The summed E-state index contributed by atoms with van der Waals surface area (Å²) in [6.07, 6.45) is -4.84. The van der Waals surface area contributed by atoms with Gasteiger partial charge in [-0.05, 0) is 32.0 Å². The van der Waals surface area contributed by atoms with Gasteiger partial charge in [-0.3, -0.25) is 4.79 Å². The van der Waals surface area contributed by atoms with Gasteiger partial charge >= 0.3 is 6.18 Å². The molecule has 0 saturated heterocycles. The number of benzene rings is 1. The first-order valence-electron chi connectivity index (χ1n) is 5.46. The molecule has 114 valence electrons. The van der Waals surface area contributed by atoms with Crippen LogP contribution >= 0.6 is 12.4 Å². The van der Waals surface area contributed by atoms with E-state index < -0.39 is 29.0 Å². The van der Waals surface area contributed by atoms with Crippen molar-refractivity contribution in [1.82, 2.24) is 5.32 Å². The van der Waals surface area contributed by atoms with E-state index >= 15 is 0 Å². The van der Waals surface area contributed by atoms with Crippen molar-refractivity contribution in [3.63, 3.8) is 0 Å². The Morgan fingerprint density at radius 1 is 1.30 bits per heavy atom. The zero-order valence-electron chi connectivity index (χ0n) is 10.8. The number of rotatable bonds is 3. The Bertz CT molecular complexity index is 489. The van der Waals surface area contributed by atoms with Crippen molar-refractivity contribution in [2.45, 2.75) is 25.6 Å². The van der Waals surface area contributed by atoms with Crippen molar-refractivity contribution >= 4 is 18.3 Å². The first-order chi connectivity index (χ1) is 8.57. The summed E-state index contributed by atoms with van der Waals surface area (Å²) in [6, 6.07) is 2.09. The van der Waals surface area contributed by atoms with Crippen LogP contribution in [0.3, 0.4) is 0 Å². The first kappa shape index (κ1) is 18.7. The highest BCUT2D eigenvalue weighted by molar-refractivity contribution is 5.94. The number of hydrogen-bond acceptors (Lipinski definition) is 2. The predicted octanol–water partition coefficient (Wildman–Crippen LogP) is 2.73. The number of halogens is 5. The fourth-order valence-corrected chi connectivity index (χ4v) is 1.31. The molecular weight excluding hydrogens is 300 g/mol. The zero-order valence-corrected chi connectivity index (χ0v) is 11.7. The standard InChI is InChI=1S/C12H14F4N2O.ClH/c1-11(2,6-17)18-10(19)7-3-4-9(13)8(5-7)12(14,15)16;/h3-5H,6,17H2,1-2H3,(H,18,19);1H. The van der Waals surface area contributed by atoms with Gasteiger partial charge in [-0.25, -0.2) is 4.39 Å². The highest BCUT2D eigenvalue weighted by atomic mass is 35.5. The van der Waals surface area contributed by atoms with Crippen molar-refractivity contribution < 1.29 is 22.4 Å². The number of carbonyl (C=O) groups excluding carboxylic acids is 1. The van der Waals surface area contributed by atoms with Gasteiger partial charge in [0.25, 0.3) is 5.91 Å². The van der Waals surface area contributed by atoms with E-state index in [1.807, 2.05) is 0 Å². The van der Waals surface area contributed by atoms with E-state index in [2.05, 4.69) is 5.32 Å². The van der Waals surface area contributed by atoms with Crippen LogP contribution in [0.2, 0.25) is 0 Å². The quantitative estimate of drug-likeness (QED) is 0.843. The van der Waals surface area contributed by atoms with Crippen molar-refractivity contribution in [2.24, 2.45) is 5.73 Å². The largest absolute Gasteiger partial charge is 0.419 e. The molecule has 0 spiro atoms. The summed E-state index contributed by atoms with van der Waals surface area (Å²) in [7, 11) is 0. The summed E-state index contributed by atoms with van der Waals surface area (Å²) >= 11 is 0. The average Bonchev–Trinajstić information content (AvgIpc) is 2.27. The van der Waals surface area contributed by atoms with Crippen LogP contribution in [-0.2, 0) is 6.18 Å². The van der Waals surface area contributed by atoms with E-state index in [1.54, 1.807) is 13.8 Å². The molecule has 0 atom stereocenters. The van der Waals surface area contributed by atoms with Gasteiger partial charge in [0.05, 0.1) is 5.56 Å². The number of amides is 1. The lowest BCUT2D eigenvalue weighted by atomic mass is 10.0. The Hall–Kier alpha value is -1.34. The van der Waals surface area contributed by atoms with Crippen LogP contribution in [0.1, 0.15) is 29.8 Å². The Morgan fingerprint density at radius 3 is 2.30 bits per heavy atom. The van der Waals surface area contributed by atoms with Crippen molar-refractivity contribution in [3.05, 3.63) is 35.1 Å². The third-order valence-corrected chi connectivity index (χ3v) is 2.50. The van der Waals surface area contributed by atoms with Crippen LogP contribution in [0.4, 0.5) is 17.6 Å². The van der Waals surface area contributed by atoms with E-state index in [-0.39, 0.29) is 24.5 Å². The maximum absolute atomic E-state index is 13.1. The summed E-state index contributed by atoms with van der Waals surface area (Å²) in [4.78, 5) is 11.8. The van der Waals surface area contributed by atoms with Gasteiger partial charge in [0.1, 0.15) is 5.82 Å². The molecule has 0 fully saturated rings. The van der Waals surface area contributed by atoms with Crippen molar-refractivity contribution in [3.8, 4) is 0 Å². The van der Waals surface area contributed by atoms with Crippen LogP contribution < -0.4 is 11.1 Å². The van der Waals surface area contributed by atoms with Gasteiger partial charge in [-0.2, -0.15) is 13.2 Å². The van der Waals surface area contributed by atoms with Crippen LogP contribution in [0, 0.1) is 5.82 Å². The molecule has 3 N–H and O–H groups in total. The molecule has 0 aliphatic heterocycles. The van der Waals surface area contributed by atoms with Gasteiger partial charge < -0.3 is 11.1 Å². The minimum absolute atomic E-state index is 0. The Labute approximate surface area is 119 Å². The molecule has 0 saturated carbocycles. The third kappa shape index (κ3) is 4.64. The molecule has 0 aliphatic rings. The molecule has 20 heavy (non-hydrogen) atoms. The third-order valence-electron chi connectivity index (χ3n) is 2.50. The summed E-state index contributed by atoms with van der Waals surface area (Å²) in [5, 5.41) is 2.47. The molecule has 3 nitrogen and oxygen atoms in total. The molecule has 1 amide bonds. The van der Waals surface area contributed by atoms with Crippen molar-refractivity contribution in [2.75, 3.05) is 6.54 Å². The maximum Gasteiger partial charge on any atom is 0.419 e. The Balaban J connectivity index is 0.00000361. The number of nitrogens with one attached hydrogen (secondary N) is 1. The molecule has 1 aromatic carbocycles. The number of hydrogen-bond donors (Lipinski definition) is 2. The molecule has 0 aromatic heterocycles. The van der Waals surface area contributed by atoms with Crippen LogP contribution in [0.25, 0.3) is 0 Å². The van der Waals surface area contributed by atoms with Gasteiger partial charge in [0.15, 0.2) is 0 Å². The van der Waals surface area contributed by atoms with E-state index in [0.717, 1.165) is 6.07 Å². The molecule has 0 radical (unpaired) electrons. The minimum atomic E-state index is -4.84. The molecule has 1 rings (SSSR count). The number of nitrogens with two attached hydrogens (primary N) is 1. The summed E-state index contributed by atoms with van der Waals surface area (Å²) in [5.41, 5.74) is 2.91. The predicted molar refractivity (Wildman–Crippen MR) is 69.2 cm³/mol. The molecule has 8 heteroatoms. The molecular formula is C12H15ClF4N2O. The smallest absolute Gasteiger partial charge is 0.346 e. The second-order valence-electron chi connectivity index (χ2n) is 4.73. The molecule has 0 unspecified atom stereocenters. The lowest BCUT2D eigenvalue weighted by Crippen LogP contribution is -2.48. The second kappa shape index (κ2) is 6.41. The fourth-order valence-electron chi connectivity index (χ4n) is 1.31. The second-order valence-corrected chi connectivity index (χ2v) is 4.73. The highest BCUT2D eigenvalue weighted by Crippen LogP contribution is 2.31. The van der Waals surface area contributed by atoms with Gasteiger partial charge in [-0.1, -0.05) is 0 Å². The van der Waals surface area contributed by atoms with Crippen LogP contribution in [-0.4, -0.2) is 18.0 Å². The number of carbonyl (C=O) groups is 1. The maximum atomic E-state index is 13.1. The monoisotopic (exact) mass is 314 g/mol. The molecule has 0 bridgehead atoms. The lowest BCUT2D eigenvalue weighted by Gasteiger charge is -2.24. The highest BCUT2D eigenvalue weighted by Gasteiger charge is 2.35.